The molecule has 0 radical (unpaired) electrons. The third-order valence-corrected chi connectivity index (χ3v) is 7.68. The molecule has 1 atom stereocenters. The average Bonchev–Trinajstić information content (AvgIpc) is 3.75. The van der Waals surface area contributed by atoms with Gasteiger partial charge in [-0.2, -0.15) is 26.3 Å². The average molecular weight is 731 g/mol. The van der Waals surface area contributed by atoms with Crippen molar-refractivity contribution in [2.75, 3.05) is 16.8 Å². The van der Waals surface area contributed by atoms with Crippen molar-refractivity contribution in [1.29, 1.82) is 0 Å². The lowest BCUT2D eigenvalue weighted by atomic mass is 9.94. The van der Waals surface area contributed by atoms with Crippen LogP contribution in [0.1, 0.15) is 46.8 Å². The van der Waals surface area contributed by atoms with Crippen molar-refractivity contribution < 1.29 is 57.8 Å². The number of hydrogen-bond donors (Lipinski definition) is 1. The lowest BCUT2D eigenvalue weighted by Crippen LogP contribution is -2.35. The molecule has 1 aliphatic rings. The monoisotopic (exact) mass is 730 g/mol. The third-order valence-electron chi connectivity index (χ3n) is 7.06. The highest BCUT2D eigenvalue weighted by atomic mass is 79.9. The van der Waals surface area contributed by atoms with E-state index >= 15 is 4.39 Å². The molecule has 0 heterocycles. The number of ether oxygens (including phenoxy) is 1. The molecule has 1 amide bonds. The summed E-state index contributed by atoms with van der Waals surface area (Å²) in [4.78, 5) is 14.5. The van der Waals surface area contributed by atoms with Gasteiger partial charge in [0, 0.05) is 27.8 Å². The second-order valence-electron chi connectivity index (χ2n) is 10.6. The molecule has 4 rings (SSSR count). The zero-order valence-corrected chi connectivity index (χ0v) is 25.0. The number of alkyl halides is 10. The summed E-state index contributed by atoms with van der Waals surface area (Å²) in [6.45, 7) is 3.65. The van der Waals surface area contributed by atoms with E-state index in [2.05, 4.69) is 32.6 Å². The summed E-state index contributed by atoms with van der Waals surface area (Å²) in [6, 6.07) is 7.99. The molecule has 16 heteroatoms. The van der Waals surface area contributed by atoms with Gasteiger partial charge in [0.05, 0.1) is 16.9 Å². The Morgan fingerprint density at radius 3 is 2.11 bits per heavy atom. The molecule has 4 nitrogen and oxygen atoms in total. The van der Waals surface area contributed by atoms with E-state index in [1.807, 2.05) is 0 Å². The van der Waals surface area contributed by atoms with E-state index in [1.54, 1.807) is 0 Å². The van der Waals surface area contributed by atoms with Gasteiger partial charge in [-0.15, -0.1) is 13.2 Å². The van der Waals surface area contributed by atoms with Gasteiger partial charge in [0.15, 0.2) is 5.82 Å². The molecule has 1 saturated carbocycles. The van der Waals surface area contributed by atoms with Crippen LogP contribution in [0.2, 0.25) is 0 Å². The Balaban J connectivity index is 1.69. The zero-order chi connectivity index (χ0) is 34.4. The van der Waals surface area contributed by atoms with Gasteiger partial charge in [-0.05, 0) is 95.7 Å². The van der Waals surface area contributed by atoms with Crippen molar-refractivity contribution in [3.05, 3.63) is 93.7 Å². The summed E-state index contributed by atoms with van der Waals surface area (Å²) in [7, 11) is 0. The SMILES string of the molecule is C=C(Nc1c(Br)cc(C(C)(F)C(F)(F)F)cc1C(F)(F)F)c1cccc(N(CC2CC2)C(=O)c2ccc(OC(F)(F)F)cc2)c1F. The van der Waals surface area contributed by atoms with Gasteiger partial charge in [0.1, 0.15) is 5.75 Å². The minimum atomic E-state index is -5.54. The van der Waals surface area contributed by atoms with Gasteiger partial charge in [-0.3, -0.25) is 4.79 Å². The number of carbonyl (C=O) groups excluding carboxylic acids is 1. The smallest absolute Gasteiger partial charge is 0.406 e. The Hall–Kier alpha value is -3.82. The Labute approximate surface area is 263 Å². The van der Waals surface area contributed by atoms with E-state index in [9.17, 15) is 48.7 Å². The van der Waals surface area contributed by atoms with E-state index in [1.165, 1.54) is 12.1 Å². The highest BCUT2D eigenvalue weighted by Gasteiger charge is 2.54. The number of benzene rings is 3. The minimum absolute atomic E-state index is 0.00630. The van der Waals surface area contributed by atoms with Crippen molar-refractivity contribution in [2.45, 2.75) is 44.1 Å². The Morgan fingerprint density at radius 1 is 0.978 bits per heavy atom. The van der Waals surface area contributed by atoms with Crippen LogP contribution in [0.25, 0.3) is 5.70 Å². The van der Waals surface area contributed by atoms with Crippen LogP contribution in [-0.2, 0) is 11.8 Å². The number of amides is 1. The quantitative estimate of drug-likeness (QED) is 0.223. The van der Waals surface area contributed by atoms with Crippen LogP contribution in [0, 0.1) is 11.7 Å². The van der Waals surface area contributed by atoms with Crippen molar-refractivity contribution in [2.24, 2.45) is 5.92 Å². The fraction of sp³-hybridized carbons (Fsp3) is 0.300. The second-order valence-corrected chi connectivity index (χ2v) is 11.4. The van der Waals surface area contributed by atoms with Gasteiger partial charge in [0.25, 0.3) is 5.91 Å². The van der Waals surface area contributed by atoms with Crippen LogP contribution in [0.4, 0.5) is 59.7 Å². The summed E-state index contributed by atoms with van der Waals surface area (Å²) >= 11 is 2.75. The highest BCUT2D eigenvalue weighted by molar-refractivity contribution is 9.10. The van der Waals surface area contributed by atoms with E-state index in [0.29, 0.717) is 18.9 Å². The van der Waals surface area contributed by atoms with E-state index < -0.39 is 74.4 Å². The molecule has 1 fully saturated rings. The molecule has 0 spiro atoms. The van der Waals surface area contributed by atoms with Crippen molar-refractivity contribution >= 4 is 38.9 Å². The van der Waals surface area contributed by atoms with Gasteiger partial charge in [-0.25, -0.2) is 8.78 Å². The first-order chi connectivity index (χ1) is 21.1. The molecular weight excluding hydrogens is 709 g/mol. The molecule has 0 bridgehead atoms. The molecule has 46 heavy (non-hydrogen) atoms. The molecule has 1 N–H and O–H groups in total. The Morgan fingerprint density at radius 2 is 1.59 bits per heavy atom. The molecule has 0 aromatic heterocycles. The first kappa shape index (κ1) is 35.0. The summed E-state index contributed by atoms with van der Waals surface area (Å²) < 4.78 is 153. The number of carbonyl (C=O) groups is 1. The van der Waals surface area contributed by atoms with Crippen molar-refractivity contribution in [3.8, 4) is 5.75 Å². The van der Waals surface area contributed by atoms with Gasteiger partial charge < -0.3 is 15.0 Å². The fourth-order valence-corrected chi connectivity index (χ4v) is 4.94. The standard InChI is InChI=1S/C30H22BrF11N2O2/c1-15(43-25-21(28(34,35)36)12-18(13-22(25)31)27(2,33)29(37,38)39)20-4-3-5-23(24(20)32)44(14-16-6-7-16)26(45)17-8-10-19(11-9-17)46-30(40,41)42/h3-5,8-13,16,43H,1,6-7,14H2,2H3. The normalized spacial score (nSPS) is 15.2. The van der Waals surface area contributed by atoms with Crippen molar-refractivity contribution in [3.63, 3.8) is 0 Å². The second kappa shape index (κ2) is 12.4. The summed E-state index contributed by atoms with van der Waals surface area (Å²) in [5.41, 5.74) is -9.42. The number of nitrogens with zero attached hydrogens (tertiary/aromatic N) is 1. The lowest BCUT2D eigenvalue weighted by Gasteiger charge is -2.27. The lowest BCUT2D eigenvalue weighted by molar-refractivity contribution is -0.274. The fourth-order valence-electron chi connectivity index (χ4n) is 4.38. The maximum atomic E-state index is 16.0. The maximum absolute atomic E-state index is 16.0. The molecule has 248 valence electrons. The van der Waals surface area contributed by atoms with E-state index in [-0.39, 0.29) is 36.7 Å². The molecule has 1 unspecified atom stereocenters. The van der Waals surface area contributed by atoms with Crippen LogP contribution in [-0.4, -0.2) is 25.0 Å². The molecule has 0 saturated heterocycles. The molecular formula is C30H22BrF11N2O2. The number of hydrogen-bond acceptors (Lipinski definition) is 3. The number of rotatable bonds is 9. The Kier molecular flexibility index (Phi) is 9.46. The topological polar surface area (TPSA) is 41.6 Å². The summed E-state index contributed by atoms with van der Waals surface area (Å²) in [5.74, 6) is -2.53. The highest BCUT2D eigenvalue weighted by Crippen LogP contribution is 2.48. The number of nitrogens with one attached hydrogen (secondary N) is 1. The predicted octanol–water partition coefficient (Wildman–Crippen LogP) is 10.4. The van der Waals surface area contributed by atoms with Crippen LogP contribution in [0.15, 0.2) is 65.6 Å². The molecule has 1 aliphatic carbocycles. The van der Waals surface area contributed by atoms with Crippen LogP contribution in [0.5, 0.6) is 5.75 Å². The van der Waals surface area contributed by atoms with Gasteiger partial charge in [0.2, 0.25) is 5.67 Å². The van der Waals surface area contributed by atoms with Crippen LogP contribution >= 0.6 is 15.9 Å². The molecule has 3 aromatic carbocycles. The number of anilines is 2. The minimum Gasteiger partial charge on any atom is -0.406 e. The van der Waals surface area contributed by atoms with Gasteiger partial charge >= 0.3 is 18.7 Å². The first-order valence-electron chi connectivity index (χ1n) is 13.2. The predicted molar refractivity (Wildman–Crippen MR) is 150 cm³/mol. The Bertz CT molecular complexity index is 1630. The van der Waals surface area contributed by atoms with Crippen LogP contribution in [0.3, 0.4) is 0 Å². The van der Waals surface area contributed by atoms with E-state index in [0.717, 1.165) is 35.2 Å². The maximum Gasteiger partial charge on any atom is 0.573 e. The van der Waals surface area contributed by atoms with Gasteiger partial charge in [-0.1, -0.05) is 12.6 Å². The first-order valence-corrected chi connectivity index (χ1v) is 14.0. The zero-order valence-electron chi connectivity index (χ0n) is 23.4. The number of halogens is 12. The summed E-state index contributed by atoms with van der Waals surface area (Å²) in [5, 5.41) is 2.25. The third kappa shape index (κ3) is 7.76. The van der Waals surface area contributed by atoms with Crippen LogP contribution < -0.4 is 15.0 Å². The molecule has 3 aromatic rings. The largest absolute Gasteiger partial charge is 0.573 e. The summed E-state index contributed by atoms with van der Waals surface area (Å²) in [6.07, 6.45) is -14.4. The van der Waals surface area contributed by atoms with E-state index in [4.69, 9.17) is 0 Å². The molecule has 0 aliphatic heterocycles. The van der Waals surface area contributed by atoms with Crippen molar-refractivity contribution in [1.82, 2.24) is 0 Å².